The van der Waals surface area contributed by atoms with Crippen LogP contribution in [-0.4, -0.2) is 28.3 Å². The molecule has 3 aromatic rings. The Balaban J connectivity index is 2.28. The first kappa shape index (κ1) is 17.5. The molecular formula is C18H20N4O4. The van der Waals surface area contributed by atoms with Crippen LogP contribution in [0.5, 0.6) is 11.5 Å². The van der Waals surface area contributed by atoms with E-state index in [0.29, 0.717) is 33.9 Å². The minimum Gasteiger partial charge on any atom is -0.497 e. The molecule has 8 nitrogen and oxygen atoms in total. The van der Waals surface area contributed by atoms with Crippen molar-refractivity contribution in [1.82, 2.24) is 14.1 Å². The van der Waals surface area contributed by atoms with Crippen LogP contribution in [0.1, 0.15) is 5.56 Å². The van der Waals surface area contributed by atoms with Gasteiger partial charge in [-0.15, -0.1) is 0 Å². The highest BCUT2D eigenvalue weighted by atomic mass is 16.5. The van der Waals surface area contributed by atoms with Gasteiger partial charge >= 0.3 is 5.69 Å². The number of nitrogens with zero attached hydrogens (tertiary/aromatic N) is 3. The predicted molar refractivity (Wildman–Crippen MR) is 99.8 cm³/mol. The molecule has 0 amide bonds. The van der Waals surface area contributed by atoms with Gasteiger partial charge in [-0.25, -0.2) is 9.78 Å². The van der Waals surface area contributed by atoms with Crippen molar-refractivity contribution >= 4 is 22.4 Å². The molecule has 1 aromatic carbocycles. The molecule has 0 spiro atoms. The lowest BCUT2D eigenvalue weighted by Crippen LogP contribution is -2.37. The Morgan fingerprint density at radius 2 is 1.81 bits per heavy atom. The summed E-state index contributed by atoms with van der Waals surface area (Å²) in [4.78, 5) is 29.2. The monoisotopic (exact) mass is 356 g/mol. The minimum atomic E-state index is -0.424. The molecule has 0 fully saturated rings. The zero-order valence-electron chi connectivity index (χ0n) is 15.3. The van der Waals surface area contributed by atoms with Crippen LogP contribution < -0.4 is 26.0 Å². The van der Waals surface area contributed by atoms with Crippen molar-refractivity contribution in [3.8, 4) is 11.5 Å². The molecule has 0 saturated carbocycles. The van der Waals surface area contributed by atoms with Gasteiger partial charge in [0.2, 0.25) is 0 Å². The molecule has 2 aromatic heterocycles. The standard InChI is InChI=1S/C18H20N4O4/c1-10-9-19-16-14(17(23)22(3)18(24)21(16)2)15(10)20-12-7-6-11(25-4)8-13(12)26-5/h6-9H,1-5H3,(H,19,20). The Hall–Kier alpha value is -3.29. The summed E-state index contributed by atoms with van der Waals surface area (Å²) in [5.74, 6) is 1.22. The lowest BCUT2D eigenvalue weighted by molar-refractivity contribution is 0.395. The molecule has 8 heteroatoms. The summed E-state index contributed by atoms with van der Waals surface area (Å²) in [7, 11) is 6.17. The number of aryl methyl sites for hydroxylation is 2. The molecule has 2 heterocycles. The summed E-state index contributed by atoms with van der Waals surface area (Å²) in [5.41, 5.74) is 1.50. The minimum absolute atomic E-state index is 0.318. The maximum absolute atomic E-state index is 12.7. The van der Waals surface area contributed by atoms with Crippen molar-refractivity contribution in [2.75, 3.05) is 19.5 Å². The normalized spacial score (nSPS) is 10.8. The molecule has 0 bridgehead atoms. The molecule has 0 aliphatic rings. The maximum Gasteiger partial charge on any atom is 0.332 e. The number of rotatable bonds is 4. The third-order valence-corrected chi connectivity index (χ3v) is 4.33. The average molecular weight is 356 g/mol. The Kier molecular flexibility index (Phi) is 4.41. The number of hydrogen-bond acceptors (Lipinski definition) is 6. The highest BCUT2D eigenvalue weighted by Crippen LogP contribution is 2.34. The summed E-state index contributed by atoms with van der Waals surface area (Å²) in [5, 5.41) is 3.59. The highest BCUT2D eigenvalue weighted by Gasteiger charge is 2.17. The zero-order valence-corrected chi connectivity index (χ0v) is 15.3. The average Bonchev–Trinajstić information content (AvgIpc) is 2.66. The summed E-state index contributed by atoms with van der Waals surface area (Å²) < 4.78 is 13.0. The number of anilines is 2. The fourth-order valence-electron chi connectivity index (χ4n) is 2.82. The van der Waals surface area contributed by atoms with E-state index in [1.54, 1.807) is 45.7 Å². The van der Waals surface area contributed by atoms with E-state index >= 15 is 0 Å². The summed E-state index contributed by atoms with van der Waals surface area (Å²) >= 11 is 0. The highest BCUT2D eigenvalue weighted by molar-refractivity contribution is 5.92. The molecule has 26 heavy (non-hydrogen) atoms. The SMILES string of the molecule is COc1ccc(Nc2c(C)cnc3c2c(=O)n(C)c(=O)n3C)c(OC)c1. The molecular weight excluding hydrogens is 336 g/mol. The molecule has 0 unspecified atom stereocenters. The second-order valence-electron chi connectivity index (χ2n) is 5.91. The fraction of sp³-hybridized carbons (Fsp3) is 0.278. The number of fused-ring (bicyclic) bond motifs is 1. The van der Waals surface area contributed by atoms with Gasteiger partial charge < -0.3 is 14.8 Å². The second-order valence-corrected chi connectivity index (χ2v) is 5.91. The summed E-state index contributed by atoms with van der Waals surface area (Å²) in [6.07, 6.45) is 1.62. The predicted octanol–water partition coefficient (Wildman–Crippen LogP) is 1.70. The molecule has 3 rings (SSSR count). The number of aromatic nitrogens is 3. The van der Waals surface area contributed by atoms with Gasteiger partial charge in [0.05, 0.1) is 25.6 Å². The Bertz CT molecular complexity index is 1110. The summed E-state index contributed by atoms with van der Waals surface area (Å²) in [6.45, 7) is 1.84. The van der Waals surface area contributed by atoms with E-state index in [9.17, 15) is 9.59 Å². The van der Waals surface area contributed by atoms with Gasteiger partial charge in [-0.05, 0) is 24.6 Å². The first-order chi connectivity index (χ1) is 12.4. The van der Waals surface area contributed by atoms with E-state index in [2.05, 4.69) is 10.3 Å². The van der Waals surface area contributed by atoms with Crippen LogP contribution in [0.4, 0.5) is 11.4 Å². The third kappa shape index (κ3) is 2.69. The molecule has 0 radical (unpaired) electrons. The number of hydrogen-bond donors (Lipinski definition) is 1. The molecule has 1 N–H and O–H groups in total. The van der Waals surface area contributed by atoms with Gasteiger partial charge in [-0.3, -0.25) is 13.9 Å². The topological polar surface area (TPSA) is 87.4 Å². The Labute approximate surface area is 149 Å². The Morgan fingerprint density at radius 3 is 2.46 bits per heavy atom. The molecule has 0 saturated heterocycles. The van der Waals surface area contributed by atoms with Crippen LogP contribution in [-0.2, 0) is 14.1 Å². The van der Waals surface area contributed by atoms with Crippen molar-refractivity contribution in [2.24, 2.45) is 14.1 Å². The van der Waals surface area contributed by atoms with Gasteiger partial charge in [-0.1, -0.05) is 0 Å². The molecule has 0 aliphatic heterocycles. The second kappa shape index (κ2) is 6.55. The maximum atomic E-state index is 12.7. The first-order valence-corrected chi connectivity index (χ1v) is 7.93. The quantitative estimate of drug-likeness (QED) is 0.766. The van der Waals surface area contributed by atoms with E-state index in [1.807, 2.05) is 6.92 Å². The van der Waals surface area contributed by atoms with Gasteiger partial charge in [-0.2, -0.15) is 0 Å². The smallest absolute Gasteiger partial charge is 0.332 e. The Morgan fingerprint density at radius 1 is 1.08 bits per heavy atom. The van der Waals surface area contributed by atoms with Crippen LogP contribution in [0.25, 0.3) is 11.0 Å². The van der Waals surface area contributed by atoms with Gasteiger partial charge in [0.15, 0.2) is 5.65 Å². The van der Waals surface area contributed by atoms with Crippen molar-refractivity contribution in [3.63, 3.8) is 0 Å². The van der Waals surface area contributed by atoms with Gasteiger partial charge in [0.25, 0.3) is 5.56 Å². The van der Waals surface area contributed by atoms with E-state index < -0.39 is 11.2 Å². The molecule has 0 aliphatic carbocycles. The van der Waals surface area contributed by atoms with Gasteiger partial charge in [0, 0.05) is 26.4 Å². The summed E-state index contributed by atoms with van der Waals surface area (Å²) in [6, 6.07) is 5.34. The van der Waals surface area contributed by atoms with E-state index in [4.69, 9.17) is 9.47 Å². The number of ether oxygens (including phenoxy) is 2. The third-order valence-electron chi connectivity index (χ3n) is 4.33. The van der Waals surface area contributed by atoms with E-state index in [1.165, 1.54) is 11.6 Å². The van der Waals surface area contributed by atoms with Crippen LogP contribution in [0.3, 0.4) is 0 Å². The van der Waals surface area contributed by atoms with Crippen LogP contribution >= 0.6 is 0 Å². The first-order valence-electron chi connectivity index (χ1n) is 7.93. The van der Waals surface area contributed by atoms with E-state index in [0.717, 1.165) is 10.1 Å². The number of nitrogens with one attached hydrogen (secondary N) is 1. The van der Waals surface area contributed by atoms with Gasteiger partial charge in [0.1, 0.15) is 16.9 Å². The molecule has 136 valence electrons. The van der Waals surface area contributed by atoms with Crippen molar-refractivity contribution < 1.29 is 9.47 Å². The number of benzene rings is 1. The lowest BCUT2D eigenvalue weighted by atomic mass is 10.1. The van der Waals surface area contributed by atoms with Crippen molar-refractivity contribution in [3.05, 3.63) is 50.8 Å². The van der Waals surface area contributed by atoms with Crippen LogP contribution in [0.15, 0.2) is 34.0 Å². The number of pyridine rings is 1. The van der Waals surface area contributed by atoms with Crippen molar-refractivity contribution in [2.45, 2.75) is 6.92 Å². The largest absolute Gasteiger partial charge is 0.497 e. The lowest BCUT2D eigenvalue weighted by Gasteiger charge is -2.16. The zero-order chi connectivity index (χ0) is 19.0. The number of methoxy groups -OCH3 is 2. The van der Waals surface area contributed by atoms with Crippen molar-refractivity contribution in [1.29, 1.82) is 0 Å². The fourth-order valence-corrected chi connectivity index (χ4v) is 2.82. The molecule has 0 atom stereocenters. The van der Waals surface area contributed by atoms with Crippen LogP contribution in [0.2, 0.25) is 0 Å². The van der Waals surface area contributed by atoms with E-state index in [-0.39, 0.29) is 0 Å². The van der Waals surface area contributed by atoms with Crippen LogP contribution in [0, 0.1) is 6.92 Å².